The molecule has 4 nitrogen and oxygen atoms in total. The quantitative estimate of drug-likeness (QED) is 0.331. The molecule has 0 aliphatic heterocycles. The van der Waals surface area contributed by atoms with E-state index in [4.69, 9.17) is 4.74 Å². The molecule has 0 aromatic heterocycles. The summed E-state index contributed by atoms with van der Waals surface area (Å²) in [7, 11) is 1.70. The first-order chi connectivity index (χ1) is 9.58. The van der Waals surface area contributed by atoms with Crippen LogP contribution in [-0.4, -0.2) is 32.8 Å². The Hall–Kier alpha value is -0.820. The van der Waals surface area contributed by atoms with Crippen LogP contribution < -0.4 is 10.6 Å². The summed E-state index contributed by atoms with van der Waals surface area (Å²) in [6.07, 6.45) is 0. The Morgan fingerprint density at radius 2 is 1.76 bits per heavy atom. The molecule has 1 aromatic rings. The molecule has 1 aromatic carbocycles. The van der Waals surface area contributed by atoms with Gasteiger partial charge in [-0.25, -0.2) is 4.99 Å². The molecule has 0 unspecified atom stereocenters. The van der Waals surface area contributed by atoms with Crippen LogP contribution in [0.1, 0.15) is 29.2 Å². The SMILES string of the molecule is CCNC(=NCc1c(C)cc(C)cc1C)NCCOC.I. The van der Waals surface area contributed by atoms with E-state index in [1.807, 2.05) is 0 Å². The van der Waals surface area contributed by atoms with Crippen molar-refractivity contribution < 1.29 is 4.74 Å². The number of methoxy groups -OCH3 is 1. The normalized spacial score (nSPS) is 11.0. The average Bonchev–Trinajstić information content (AvgIpc) is 2.37. The second-order valence-electron chi connectivity index (χ2n) is 4.99. The molecule has 0 spiro atoms. The van der Waals surface area contributed by atoms with E-state index in [0.29, 0.717) is 13.2 Å². The van der Waals surface area contributed by atoms with Gasteiger partial charge in [-0.15, -0.1) is 24.0 Å². The van der Waals surface area contributed by atoms with Crippen LogP contribution in [-0.2, 0) is 11.3 Å². The van der Waals surface area contributed by atoms with Crippen LogP contribution in [0.5, 0.6) is 0 Å². The Kier molecular flexibility index (Phi) is 10.4. The monoisotopic (exact) mass is 405 g/mol. The molecule has 0 aliphatic carbocycles. The zero-order valence-electron chi connectivity index (χ0n) is 13.7. The summed E-state index contributed by atoms with van der Waals surface area (Å²) in [5.74, 6) is 0.837. The Balaban J connectivity index is 0.00000400. The van der Waals surface area contributed by atoms with Gasteiger partial charge in [-0.05, 0) is 44.4 Å². The summed E-state index contributed by atoms with van der Waals surface area (Å²) in [5.41, 5.74) is 5.22. The van der Waals surface area contributed by atoms with E-state index in [1.54, 1.807) is 7.11 Å². The lowest BCUT2D eigenvalue weighted by molar-refractivity contribution is 0.203. The lowest BCUT2D eigenvalue weighted by Crippen LogP contribution is -2.38. The largest absolute Gasteiger partial charge is 0.383 e. The molecule has 2 N–H and O–H groups in total. The van der Waals surface area contributed by atoms with Crippen LogP contribution in [0.4, 0.5) is 0 Å². The minimum atomic E-state index is 0. The molecule has 0 heterocycles. The first kappa shape index (κ1) is 20.2. The van der Waals surface area contributed by atoms with E-state index >= 15 is 0 Å². The Morgan fingerprint density at radius 3 is 2.29 bits per heavy atom. The van der Waals surface area contributed by atoms with Gasteiger partial charge in [0.2, 0.25) is 0 Å². The second kappa shape index (κ2) is 10.8. The predicted molar refractivity (Wildman–Crippen MR) is 101 cm³/mol. The summed E-state index contributed by atoms with van der Waals surface area (Å²) in [5, 5.41) is 6.50. The maximum absolute atomic E-state index is 5.04. The Bertz CT molecular complexity index is 438. The first-order valence-corrected chi connectivity index (χ1v) is 7.16. The summed E-state index contributed by atoms with van der Waals surface area (Å²) >= 11 is 0. The zero-order chi connectivity index (χ0) is 15.0. The minimum absolute atomic E-state index is 0. The number of nitrogens with one attached hydrogen (secondary N) is 2. The van der Waals surface area contributed by atoms with Crippen molar-refractivity contribution >= 4 is 29.9 Å². The van der Waals surface area contributed by atoms with Crippen molar-refractivity contribution in [2.24, 2.45) is 4.99 Å². The van der Waals surface area contributed by atoms with Crippen LogP contribution in [0.3, 0.4) is 0 Å². The minimum Gasteiger partial charge on any atom is -0.383 e. The summed E-state index contributed by atoms with van der Waals surface area (Å²) in [6, 6.07) is 4.42. The van der Waals surface area contributed by atoms with E-state index in [9.17, 15) is 0 Å². The predicted octanol–water partition coefficient (Wildman–Crippen LogP) is 2.93. The topological polar surface area (TPSA) is 45.7 Å². The third-order valence-corrected chi connectivity index (χ3v) is 3.18. The maximum Gasteiger partial charge on any atom is 0.191 e. The van der Waals surface area contributed by atoms with Crippen molar-refractivity contribution in [1.82, 2.24) is 10.6 Å². The summed E-state index contributed by atoms with van der Waals surface area (Å²) < 4.78 is 5.04. The fraction of sp³-hybridized carbons (Fsp3) is 0.562. The van der Waals surface area contributed by atoms with Crippen LogP contribution in [0, 0.1) is 20.8 Å². The number of rotatable bonds is 6. The smallest absolute Gasteiger partial charge is 0.191 e. The highest BCUT2D eigenvalue weighted by molar-refractivity contribution is 14.0. The molecular formula is C16H28IN3O. The third kappa shape index (κ3) is 7.13. The number of benzene rings is 1. The standard InChI is InChI=1S/C16H27N3O.HI/c1-6-17-16(18-7-8-20-5)19-11-15-13(3)9-12(2)10-14(15)4;/h9-10H,6-8,11H2,1-5H3,(H2,17,18,19);1H. The number of hydrogen-bond donors (Lipinski definition) is 2. The van der Waals surface area contributed by atoms with Gasteiger partial charge in [-0.2, -0.15) is 0 Å². The molecule has 1 rings (SSSR count). The van der Waals surface area contributed by atoms with Gasteiger partial charge < -0.3 is 15.4 Å². The van der Waals surface area contributed by atoms with Gasteiger partial charge in [0.1, 0.15) is 0 Å². The first-order valence-electron chi connectivity index (χ1n) is 7.16. The van der Waals surface area contributed by atoms with Gasteiger partial charge in [0.15, 0.2) is 5.96 Å². The van der Waals surface area contributed by atoms with Crippen LogP contribution >= 0.6 is 24.0 Å². The van der Waals surface area contributed by atoms with Gasteiger partial charge in [-0.1, -0.05) is 17.7 Å². The van der Waals surface area contributed by atoms with Gasteiger partial charge in [0.05, 0.1) is 13.2 Å². The lowest BCUT2D eigenvalue weighted by Gasteiger charge is -2.13. The van der Waals surface area contributed by atoms with E-state index in [1.165, 1.54) is 22.3 Å². The zero-order valence-corrected chi connectivity index (χ0v) is 16.1. The number of halogens is 1. The van der Waals surface area contributed by atoms with Crippen molar-refractivity contribution in [3.8, 4) is 0 Å². The average molecular weight is 405 g/mol. The van der Waals surface area contributed by atoms with Gasteiger partial charge in [-0.3, -0.25) is 0 Å². The molecule has 21 heavy (non-hydrogen) atoms. The van der Waals surface area contributed by atoms with Crippen molar-refractivity contribution in [1.29, 1.82) is 0 Å². The van der Waals surface area contributed by atoms with Crippen LogP contribution in [0.25, 0.3) is 0 Å². The van der Waals surface area contributed by atoms with Crippen molar-refractivity contribution in [3.05, 3.63) is 34.4 Å². The van der Waals surface area contributed by atoms with Crippen LogP contribution in [0.15, 0.2) is 17.1 Å². The number of aryl methyl sites for hydroxylation is 3. The molecule has 120 valence electrons. The molecular weight excluding hydrogens is 377 g/mol. The van der Waals surface area contributed by atoms with Crippen molar-refractivity contribution in [2.45, 2.75) is 34.2 Å². The van der Waals surface area contributed by atoms with Crippen molar-refractivity contribution in [2.75, 3.05) is 26.8 Å². The van der Waals surface area contributed by atoms with Crippen molar-refractivity contribution in [3.63, 3.8) is 0 Å². The van der Waals surface area contributed by atoms with Gasteiger partial charge >= 0.3 is 0 Å². The molecule has 0 fully saturated rings. The molecule has 0 bridgehead atoms. The molecule has 0 saturated carbocycles. The van der Waals surface area contributed by atoms with Gasteiger partial charge in [0.25, 0.3) is 0 Å². The number of ether oxygens (including phenoxy) is 1. The number of guanidine groups is 1. The van der Waals surface area contributed by atoms with E-state index in [-0.39, 0.29) is 24.0 Å². The molecule has 0 amide bonds. The molecule has 0 aliphatic rings. The van der Waals surface area contributed by atoms with Gasteiger partial charge in [0, 0.05) is 20.2 Å². The summed E-state index contributed by atoms with van der Waals surface area (Å²) in [4.78, 5) is 4.65. The number of hydrogen-bond acceptors (Lipinski definition) is 2. The lowest BCUT2D eigenvalue weighted by atomic mass is 10.00. The Labute approximate surface area is 145 Å². The summed E-state index contributed by atoms with van der Waals surface area (Å²) in [6.45, 7) is 11.5. The van der Waals surface area contributed by atoms with E-state index < -0.39 is 0 Å². The van der Waals surface area contributed by atoms with E-state index in [0.717, 1.165) is 19.0 Å². The third-order valence-electron chi connectivity index (χ3n) is 3.18. The maximum atomic E-state index is 5.04. The number of nitrogens with zero attached hydrogens (tertiary/aromatic N) is 1. The second-order valence-corrected chi connectivity index (χ2v) is 4.99. The molecule has 0 radical (unpaired) electrons. The fourth-order valence-electron chi connectivity index (χ4n) is 2.23. The molecule has 5 heteroatoms. The number of aliphatic imine (C=N–C) groups is 1. The fourth-order valence-corrected chi connectivity index (χ4v) is 2.23. The molecule has 0 saturated heterocycles. The highest BCUT2D eigenvalue weighted by atomic mass is 127. The highest BCUT2D eigenvalue weighted by Gasteiger charge is 2.04. The molecule has 0 atom stereocenters. The highest BCUT2D eigenvalue weighted by Crippen LogP contribution is 2.17. The Morgan fingerprint density at radius 1 is 1.14 bits per heavy atom. The van der Waals surface area contributed by atoms with E-state index in [2.05, 4.69) is 55.5 Å². The van der Waals surface area contributed by atoms with Crippen LogP contribution in [0.2, 0.25) is 0 Å².